The van der Waals surface area contributed by atoms with Crippen molar-refractivity contribution in [2.45, 2.75) is 25.8 Å². The Balaban J connectivity index is 1.88. The first-order chi connectivity index (χ1) is 11.4. The first-order valence-electron chi connectivity index (χ1n) is 7.56. The molecule has 2 aromatic rings. The fraction of sp³-hybridized carbons (Fsp3) is 0.375. The van der Waals surface area contributed by atoms with Crippen LogP contribution >= 0.6 is 11.8 Å². The molecule has 0 radical (unpaired) electrons. The van der Waals surface area contributed by atoms with E-state index in [2.05, 4.69) is 15.6 Å². The number of aryl methyl sites for hydroxylation is 1. The van der Waals surface area contributed by atoms with E-state index in [0.29, 0.717) is 23.6 Å². The van der Waals surface area contributed by atoms with Crippen molar-refractivity contribution in [3.8, 4) is 5.69 Å². The standard InChI is InChI=1S/C16H18N4O3S/c1-10-4-3-5-12(8-10)20-11(2)13(18-19-20)14(21)17-16(15(22)23)6-7-24-9-16/h3-5,8H,6-7,9H2,1-2H3,(H,17,21)(H,22,23). The molecule has 0 spiro atoms. The molecule has 1 aliphatic rings. The van der Waals surface area contributed by atoms with Crippen LogP contribution in [0.2, 0.25) is 0 Å². The molecule has 1 aromatic heterocycles. The number of carbonyl (C=O) groups is 2. The van der Waals surface area contributed by atoms with Gasteiger partial charge in [0.2, 0.25) is 0 Å². The molecule has 0 aliphatic carbocycles. The Hall–Kier alpha value is -2.35. The molecule has 24 heavy (non-hydrogen) atoms. The molecule has 1 atom stereocenters. The van der Waals surface area contributed by atoms with Crippen LogP contribution in [0.4, 0.5) is 0 Å². The zero-order valence-electron chi connectivity index (χ0n) is 13.4. The van der Waals surface area contributed by atoms with Crippen molar-refractivity contribution in [1.82, 2.24) is 20.3 Å². The second-order valence-corrected chi connectivity index (χ2v) is 7.02. The topological polar surface area (TPSA) is 97.1 Å². The van der Waals surface area contributed by atoms with Crippen LogP contribution in [0.5, 0.6) is 0 Å². The van der Waals surface area contributed by atoms with Crippen LogP contribution in [-0.2, 0) is 4.79 Å². The molecule has 2 N–H and O–H groups in total. The van der Waals surface area contributed by atoms with Crippen LogP contribution in [0, 0.1) is 13.8 Å². The Morgan fingerprint density at radius 3 is 2.79 bits per heavy atom. The highest BCUT2D eigenvalue weighted by atomic mass is 32.2. The van der Waals surface area contributed by atoms with Crippen molar-refractivity contribution in [3.05, 3.63) is 41.2 Å². The number of rotatable bonds is 4. The van der Waals surface area contributed by atoms with Gasteiger partial charge in [0, 0.05) is 5.75 Å². The minimum Gasteiger partial charge on any atom is -0.479 e. The summed E-state index contributed by atoms with van der Waals surface area (Å²) in [5.74, 6) is -0.443. The maximum Gasteiger partial charge on any atom is 0.330 e. The van der Waals surface area contributed by atoms with Gasteiger partial charge in [0.15, 0.2) is 5.69 Å². The lowest BCUT2D eigenvalue weighted by atomic mass is 9.99. The number of aromatic nitrogens is 3. The summed E-state index contributed by atoms with van der Waals surface area (Å²) in [6.45, 7) is 3.71. The maximum atomic E-state index is 12.5. The number of amides is 1. The first kappa shape index (κ1) is 16.5. The number of carboxylic acid groups (broad SMARTS) is 1. The molecule has 1 unspecified atom stereocenters. The number of benzene rings is 1. The minimum atomic E-state index is -1.22. The summed E-state index contributed by atoms with van der Waals surface area (Å²) in [6.07, 6.45) is 0.407. The average molecular weight is 346 g/mol. The molecular weight excluding hydrogens is 328 g/mol. The number of carbonyl (C=O) groups excluding carboxylic acids is 1. The molecule has 1 fully saturated rings. The van der Waals surface area contributed by atoms with Crippen molar-refractivity contribution in [3.63, 3.8) is 0 Å². The van der Waals surface area contributed by atoms with Gasteiger partial charge in [0.05, 0.1) is 11.4 Å². The van der Waals surface area contributed by atoms with Gasteiger partial charge in [-0.1, -0.05) is 17.3 Å². The van der Waals surface area contributed by atoms with Gasteiger partial charge < -0.3 is 10.4 Å². The van der Waals surface area contributed by atoms with Crippen LogP contribution in [0.1, 0.15) is 28.2 Å². The Morgan fingerprint density at radius 1 is 1.38 bits per heavy atom. The lowest BCUT2D eigenvalue weighted by molar-refractivity contribution is -0.143. The third kappa shape index (κ3) is 2.89. The summed E-state index contributed by atoms with van der Waals surface area (Å²) < 4.78 is 1.58. The summed E-state index contributed by atoms with van der Waals surface area (Å²) in [6, 6.07) is 7.69. The van der Waals surface area contributed by atoms with Crippen molar-refractivity contribution >= 4 is 23.6 Å². The molecule has 3 rings (SSSR count). The molecule has 7 nitrogen and oxygen atoms in total. The van der Waals surface area contributed by atoms with Gasteiger partial charge in [0.1, 0.15) is 5.54 Å². The number of aliphatic carboxylic acids is 1. The van der Waals surface area contributed by atoms with Gasteiger partial charge in [-0.15, -0.1) is 5.10 Å². The quantitative estimate of drug-likeness (QED) is 0.872. The van der Waals surface area contributed by atoms with E-state index in [4.69, 9.17) is 0 Å². The van der Waals surface area contributed by atoms with E-state index in [0.717, 1.165) is 11.3 Å². The maximum absolute atomic E-state index is 12.5. The Labute approximate surface area is 143 Å². The number of carboxylic acids is 1. The summed E-state index contributed by atoms with van der Waals surface area (Å²) in [4.78, 5) is 24.1. The predicted octanol–water partition coefficient (Wildman–Crippen LogP) is 1.57. The summed E-state index contributed by atoms with van der Waals surface area (Å²) in [7, 11) is 0. The highest BCUT2D eigenvalue weighted by molar-refractivity contribution is 7.99. The molecule has 1 aromatic carbocycles. The predicted molar refractivity (Wildman–Crippen MR) is 90.6 cm³/mol. The van der Waals surface area contributed by atoms with E-state index in [-0.39, 0.29) is 5.69 Å². The number of nitrogens with one attached hydrogen (secondary N) is 1. The highest BCUT2D eigenvalue weighted by Crippen LogP contribution is 2.28. The summed E-state index contributed by atoms with van der Waals surface area (Å²) in [5, 5.41) is 20.1. The number of thioether (sulfide) groups is 1. The largest absolute Gasteiger partial charge is 0.479 e. The Bertz CT molecular complexity index is 796. The van der Waals surface area contributed by atoms with Crippen molar-refractivity contribution in [2.24, 2.45) is 0 Å². The second kappa shape index (κ2) is 6.27. The van der Waals surface area contributed by atoms with Gasteiger partial charge >= 0.3 is 5.97 Å². The second-order valence-electron chi connectivity index (χ2n) is 5.92. The van der Waals surface area contributed by atoms with E-state index in [9.17, 15) is 14.7 Å². The molecule has 1 aliphatic heterocycles. The average Bonchev–Trinajstić information content (AvgIpc) is 3.15. The van der Waals surface area contributed by atoms with Crippen LogP contribution < -0.4 is 5.32 Å². The molecule has 8 heteroatoms. The fourth-order valence-corrected chi connectivity index (χ4v) is 4.03. The number of hydrogen-bond acceptors (Lipinski definition) is 5. The molecule has 1 saturated heterocycles. The summed E-state index contributed by atoms with van der Waals surface area (Å²) in [5.41, 5.74) is 1.38. The van der Waals surface area contributed by atoms with Crippen molar-refractivity contribution < 1.29 is 14.7 Å². The minimum absolute atomic E-state index is 0.147. The third-order valence-electron chi connectivity index (χ3n) is 4.14. The van der Waals surface area contributed by atoms with Crippen molar-refractivity contribution in [1.29, 1.82) is 0 Å². The highest BCUT2D eigenvalue weighted by Gasteiger charge is 2.44. The van der Waals surface area contributed by atoms with Crippen LogP contribution in [0.15, 0.2) is 24.3 Å². The molecule has 0 saturated carbocycles. The Kier molecular flexibility index (Phi) is 4.31. The normalized spacial score (nSPS) is 20.1. The molecule has 2 heterocycles. The zero-order chi connectivity index (χ0) is 17.3. The van der Waals surface area contributed by atoms with Gasteiger partial charge in [-0.05, 0) is 43.7 Å². The summed E-state index contributed by atoms with van der Waals surface area (Å²) >= 11 is 1.52. The number of nitrogens with zero attached hydrogens (tertiary/aromatic N) is 3. The number of hydrogen-bond donors (Lipinski definition) is 2. The van der Waals surface area contributed by atoms with Crippen LogP contribution in [0.25, 0.3) is 5.69 Å². The van der Waals surface area contributed by atoms with Crippen LogP contribution in [0.3, 0.4) is 0 Å². The van der Waals surface area contributed by atoms with E-state index in [1.165, 1.54) is 11.8 Å². The van der Waals surface area contributed by atoms with Crippen LogP contribution in [-0.4, -0.2) is 49.0 Å². The third-order valence-corrected chi connectivity index (χ3v) is 5.33. The van der Waals surface area contributed by atoms with E-state index in [1.807, 2.05) is 31.2 Å². The molecule has 126 valence electrons. The smallest absolute Gasteiger partial charge is 0.330 e. The fourth-order valence-electron chi connectivity index (χ4n) is 2.71. The SMILES string of the molecule is Cc1cccc(-n2nnc(C(=O)NC3(C(=O)O)CCSC3)c2C)c1. The lowest BCUT2D eigenvalue weighted by Crippen LogP contribution is -2.55. The molecule has 1 amide bonds. The molecular formula is C16H18N4O3S. The van der Waals surface area contributed by atoms with Crippen molar-refractivity contribution in [2.75, 3.05) is 11.5 Å². The first-order valence-corrected chi connectivity index (χ1v) is 8.71. The zero-order valence-corrected chi connectivity index (χ0v) is 14.3. The van der Waals surface area contributed by atoms with E-state index >= 15 is 0 Å². The van der Waals surface area contributed by atoms with Gasteiger partial charge in [-0.25, -0.2) is 9.48 Å². The van der Waals surface area contributed by atoms with Gasteiger partial charge in [-0.2, -0.15) is 11.8 Å². The Morgan fingerprint density at radius 2 is 2.17 bits per heavy atom. The molecule has 0 bridgehead atoms. The van der Waals surface area contributed by atoms with Gasteiger partial charge in [-0.3, -0.25) is 4.79 Å². The monoisotopic (exact) mass is 346 g/mol. The van der Waals surface area contributed by atoms with E-state index in [1.54, 1.807) is 11.6 Å². The lowest BCUT2D eigenvalue weighted by Gasteiger charge is -2.24. The van der Waals surface area contributed by atoms with Gasteiger partial charge in [0.25, 0.3) is 5.91 Å². The van der Waals surface area contributed by atoms with E-state index < -0.39 is 17.4 Å².